The fraction of sp³-hybridized carbons (Fsp3) is 0.714. The highest BCUT2D eigenvalue weighted by Crippen LogP contribution is 2.29. The number of hydrogen-bond donors (Lipinski definition) is 3. The van der Waals surface area contributed by atoms with Gasteiger partial charge in [0.1, 0.15) is 11.0 Å². The number of H-pyrrole nitrogens is 1. The van der Waals surface area contributed by atoms with Gasteiger partial charge >= 0.3 is 6.09 Å². The number of hydrogen-bond acceptors (Lipinski definition) is 6. The molecule has 1 aliphatic carbocycles. The molecule has 166 valence electrons. The minimum atomic E-state index is -0.559. The Labute approximate surface area is 177 Å². The van der Waals surface area contributed by atoms with Crippen molar-refractivity contribution in [1.29, 1.82) is 0 Å². The Balaban J connectivity index is 1.82. The molecule has 9 heteroatoms. The van der Waals surface area contributed by atoms with Crippen LogP contribution in [0.1, 0.15) is 73.6 Å². The van der Waals surface area contributed by atoms with Crippen molar-refractivity contribution in [3.05, 3.63) is 16.6 Å². The molecule has 1 saturated carbocycles. The van der Waals surface area contributed by atoms with Gasteiger partial charge in [-0.2, -0.15) is 10.1 Å². The first-order valence-corrected chi connectivity index (χ1v) is 10.6. The number of alkyl carbamates (subject to hydrolysis) is 1. The lowest BCUT2D eigenvalue weighted by molar-refractivity contribution is 0.0434. The third-order valence-electron chi connectivity index (χ3n) is 5.24. The Morgan fingerprint density at radius 1 is 1.20 bits per heavy atom. The molecule has 0 unspecified atom stereocenters. The monoisotopic (exact) mass is 418 g/mol. The van der Waals surface area contributed by atoms with Crippen molar-refractivity contribution >= 4 is 23.1 Å². The lowest BCUT2D eigenvalue weighted by Gasteiger charge is -2.38. The standard InChI is InChI=1S/C21H34N6O3/c1-19(2,3)27-15-14(12-23-27)16(28)25-17(24-15)22-13-21(10-8-7-9-11-21)26-18(29)30-20(4,5)6/h12H,7-11,13H2,1-6H3,(H,26,29)(H2,22,24,25,28). The van der Waals surface area contributed by atoms with Crippen LogP contribution in [0.2, 0.25) is 0 Å². The smallest absolute Gasteiger partial charge is 0.408 e. The van der Waals surface area contributed by atoms with E-state index in [0.29, 0.717) is 23.5 Å². The second kappa shape index (κ2) is 7.92. The van der Waals surface area contributed by atoms with Crippen molar-refractivity contribution in [2.45, 2.75) is 90.3 Å². The Morgan fingerprint density at radius 3 is 2.47 bits per heavy atom. The second-order valence-electron chi connectivity index (χ2n) is 10.2. The molecule has 0 atom stereocenters. The maximum atomic E-state index is 12.5. The number of carbonyl (C=O) groups is 1. The molecule has 3 N–H and O–H groups in total. The fourth-order valence-corrected chi connectivity index (χ4v) is 3.84. The van der Waals surface area contributed by atoms with Gasteiger partial charge in [0.05, 0.1) is 17.3 Å². The van der Waals surface area contributed by atoms with E-state index in [2.05, 4.69) is 25.7 Å². The van der Waals surface area contributed by atoms with Gasteiger partial charge in [-0.3, -0.25) is 9.78 Å². The van der Waals surface area contributed by atoms with Crippen LogP contribution in [0.5, 0.6) is 0 Å². The van der Waals surface area contributed by atoms with E-state index in [-0.39, 0.29) is 11.1 Å². The van der Waals surface area contributed by atoms with Gasteiger partial charge < -0.3 is 15.4 Å². The number of carbonyl (C=O) groups excluding carboxylic acids is 1. The zero-order valence-corrected chi connectivity index (χ0v) is 18.9. The quantitative estimate of drug-likeness (QED) is 0.700. The number of amides is 1. The third-order valence-corrected chi connectivity index (χ3v) is 5.24. The van der Waals surface area contributed by atoms with E-state index >= 15 is 0 Å². The highest BCUT2D eigenvalue weighted by atomic mass is 16.6. The molecule has 0 bridgehead atoms. The molecule has 0 radical (unpaired) electrons. The molecule has 2 heterocycles. The van der Waals surface area contributed by atoms with Gasteiger partial charge in [-0.05, 0) is 54.4 Å². The highest BCUT2D eigenvalue weighted by Gasteiger charge is 2.35. The summed E-state index contributed by atoms with van der Waals surface area (Å²) in [6.07, 6.45) is 5.99. The predicted octanol–water partition coefficient (Wildman–Crippen LogP) is 3.51. The van der Waals surface area contributed by atoms with Gasteiger partial charge in [-0.1, -0.05) is 19.3 Å². The summed E-state index contributed by atoms with van der Waals surface area (Å²) in [5.74, 6) is 0.370. The second-order valence-corrected chi connectivity index (χ2v) is 10.2. The first-order chi connectivity index (χ1) is 13.9. The average Bonchev–Trinajstić information content (AvgIpc) is 3.04. The third kappa shape index (κ3) is 5.12. The lowest BCUT2D eigenvalue weighted by atomic mass is 9.81. The van der Waals surface area contributed by atoms with Crippen molar-refractivity contribution < 1.29 is 9.53 Å². The van der Waals surface area contributed by atoms with Crippen LogP contribution in [-0.4, -0.2) is 43.5 Å². The van der Waals surface area contributed by atoms with Gasteiger partial charge in [0.25, 0.3) is 5.56 Å². The molecular weight excluding hydrogens is 384 g/mol. The van der Waals surface area contributed by atoms with E-state index < -0.39 is 17.2 Å². The minimum absolute atomic E-state index is 0.240. The fourth-order valence-electron chi connectivity index (χ4n) is 3.84. The maximum Gasteiger partial charge on any atom is 0.408 e. The lowest BCUT2D eigenvalue weighted by Crippen LogP contribution is -2.55. The molecule has 1 amide bonds. The summed E-state index contributed by atoms with van der Waals surface area (Å²) in [6, 6.07) is 0. The first-order valence-electron chi connectivity index (χ1n) is 10.6. The zero-order chi connectivity index (χ0) is 22.2. The van der Waals surface area contributed by atoms with Crippen LogP contribution in [0.3, 0.4) is 0 Å². The summed E-state index contributed by atoms with van der Waals surface area (Å²) < 4.78 is 7.22. The van der Waals surface area contributed by atoms with Crippen molar-refractivity contribution in [3.8, 4) is 0 Å². The number of nitrogens with one attached hydrogen (secondary N) is 3. The van der Waals surface area contributed by atoms with Crippen LogP contribution >= 0.6 is 0 Å². The van der Waals surface area contributed by atoms with Crippen LogP contribution in [0.15, 0.2) is 11.0 Å². The van der Waals surface area contributed by atoms with Crippen molar-refractivity contribution in [1.82, 2.24) is 25.1 Å². The molecule has 1 fully saturated rings. The largest absolute Gasteiger partial charge is 0.444 e. The summed E-state index contributed by atoms with van der Waals surface area (Å²) in [4.78, 5) is 32.4. The van der Waals surface area contributed by atoms with Crippen LogP contribution in [0.4, 0.5) is 10.7 Å². The van der Waals surface area contributed by atoms with E-state index in [1.807, 2.05) is 41.5 Å². The molecule has 0 aliphatic heterocycles. The van der Waals surface area contributed by atoms with E-state index in [1.165, 1.54) is 0 Å². The molecule has 1 aliphatic rings. The van der Waals surface area contributed by atoms with Gasteiger partial charge in [0.2, 0.25) is 5.95 Å². The predicted molar refractivity (Wildman–Crippen MR) is 117 cm³/mol. The van der Waals surface area contributed by atoms with E-state index in [1.54, 1.807) is 10.9 Å². The number of ether oxygens (including phenoxy) is 1. The van der Waals surface area contributed by atoms with Gasteiger partial charge in [0.15, 0.2) is 5.65 Å². The molecule has 0 saturated heterocycles. The average molecular weight is 419 g/mol. The van der Waals surface area contributed by atoms with E-state index in [0.717, 1.165) is 32.1 Å². The summed E-state index contributed by atoms with van der Waals surface area (Å²) in [7, 11) is 0. The Bertz CT molecular complexity index is 958. The maximum absolute atomic E-state index is 12.5. The molecule has 0 aromatic carbocycles. The normalized spacial score (nSPS) is 17.0. The molecule has 9 nitrogen and oxygen atoms in total. The molecule has 2 aromatic rings. The number of aromatic nitrogens is 4. The van der Waals surface area contributed by atoms with Gasteiger partial charge in [-0.25, -0.2) is 9.48 Å². The van der Waals surface area contributed by atoms with Crippen molar-refractivity contribution in [2.24, 2.45) is 0 Å². The number of aromatic amines is 1. The number of nitrogens with zero attached hydrogens (tertiary/aromatic N) is 3. The Morgan fingerprint density at radius 2 is 1.87 bits per heavy atom. The number of rotatable bonds is 4. The molecule has 2 aromatic heterocycles. The SMILES string of the molecule is CC(C)(C)OC(=O)NC1(CNc2nc3c(cnn3C(C)(C)C)c(=O)[nH]2)CCCCC1. The number of fused-ring (bicyclic) bond motifs is 1. The summed E-state index contributed by atoms with van der Waals surface area (Å²) in [5.41, 5.74) is -1.01. The summed E-state index contributed by atoms with van der Waals surface area (Å²) in [5, 5.41) is 11.1. The van der Waals surface area contributed by atoms with Crippen LogP contribution in [0, 0.1) is 0 Å². The van der Waals surface area contributed by atoms with Crippen LogP contribution in [-0.2, 0) is 10.3 Å². The van der Waals surface area contributed by atoms with E-state index in [4.69, 9.17) is 4.74 Å². The first kappa shape index (κ1) is 22.1. The topological polar surface area (TPSA) is 114 Å². The van der Waals surface area contributed by atoms with Gasteiger partial charge in [-0.15, -0.1) is 0 Å². The molecule has 30 heavy (non-hydrogen) atoms. The molecule has 0 spiro atoms. The van der Waals surface area contributed by atoms with Crippen molar-refractivity contribution in [2.75, 3.05) is 11.9 Å². The summed E-state index contributed by atoms with van der Waals surface area (Å²) in [6.45, 7) is 12.0. The Hall–Kier alpha value is -2.58. The number of anilines is 1. The Kier molecular flexibility index (Phi) is 5.84. The van der Waals surface area contributed by atoms with E-state index in [9.17, 15) is 9.59 Å². The van der Waals surface area contributed by atoms with Gasteiger partial charge in [0, 0.05) is 6.54 Å². The zero-order valence-electron chi connectivity index (χ0n) is 18.9. The summed E-state index contributed by atoms with van der Waals surface area (Å²) >= 11 is 0. The highest BCUT2D eigenvalue weighted by molar-refractivity contribution is 5.74. The molecular formula is C21H34N6O3. The van der Waals surface area contributed by atoms with Crippen LogP contribution in [0.25, 0.3) is 11.0 Å². The van der Waals surface area contributed by atoms with Crippen molar-refractivity contribution in [3.63, 3.8) is 0 Å². The molecule has 3 rings (SSSR count). The van der Waals surface area contributed by atoms with Crippen LogP contribution < -0.4 is 16.2 Å². The minimum Gasteiger partial charge on any atom is -0.444 e.